The van der Waals surface area contributed by atoms with Crippen LogP contribution in [0.15, 0.2) is 17.6 Å². The molecule has 4 heteroatoms. The molecule has 1 unspecified atom stereocenters. The molecule has 0 aromatic carbocycles. The van der Waals surface area contributed by atoms with E-state index in [1.54, 1.807) is 12.4 Å². The van der Waals surface area contributed by atoms with Crippen molar-refractivity contribution in [1.82, 2.24) is 0 Å². The highest BCUT2D eigenvalue weighted by atomic mass is 16.5. The maximum atomic E-state index is 8.85. The number of hydrogen-bond acceptors (Lipinski definition) is 3. The summed E-state index contributed by atoms with van der Waals surface area (Å²) in [7, 11) is 0. The highest BCUT2D eigenvalue weighted by Crippen LogP contribution is 2.09. The van der Waals surface area contributed by atoms with Crippen LogP contribution >= 0.6 is 0 Å². The number of nitrogens with zero attached hydrogens (tertiary/aromatic N) is 2. The molecule has 4 nitrogen and oxygen atoms in total. The first kappa shape index (κ1) is 9.38. The van der Waals surface area contributed by atoms with E-state index in [4.69, 9.17) is 10.2 Å². The van der Waals surface area contributed by atoms with Crippen molar-refractivity contribution in [2.24, 2.45) is 4.99 Å². The quantitative estimate of drug-likeness (QED) is 0.335. The average molecular weight is 171 g/mol. The van der Waals surface area contributed by atoms with Crippen molar-refractivity contribution in [3.05, 3.63) is 12.7 Å². The van der Waals surface area contributed by atoms with Gasteiger partial charge in [0.1, 0.15) is 19.6 Å². The Hall–Kier alpha value is -0.710. The van der Waals surface area contributed by atoms with E-state index in [0.29, 0.717) is 17.6 Å². The molecule has 0 amide bonds. The van der Waals surface area contributed by atoms with E-state index in [0.717, 1.165) is 13.1 Å². The number of hydrogen-bond donors (Lipinski definition) is 2. The van der Waals surface area contributed by atoms with Gasteiger partial charge in [0.2, 0.25) is 6.29 Å². The summed E-state index contributed by atoms with van der Waals surface area (Å²) in [6.45, 7) is 6.25. The predicted octanol–water partition coefficient (Wildman–Crippen LogP) is -0.658. The Kier molecular flexibility index (Phi) is 2.97. The second-order valence-electron chi connectivity index (χ2n) is 3.10. The Labute approximate surface area is 72.1 Å². The van der Waals surface area contributed by atoms with Crippen molar-refractivity contribution < 1.29 is 14.7 Å². The van der Waals surface area contributed by atoms with Crippen molar-refractivity contribution in [2.75, 3.05) is 26.2 Å². The molecule has 0 aromatic heterocycles. The molecule has 0 saturated carbocycles. The normalized spacial score (nSPS) is 28.2. The van der Waals surface area contributed by atoms with Crippen LogP contribution in [0.5, 0.6) is 0 Å². The van der Waals surface area contributed by atoms with Crippen LogP contribution in [-0.4, -0.2) is 53.5 Å². The molecule has 2 N–H and O–H groups in total. The lowest BCUT2D eigenvalue weighted by molar-refractivity contribution is -0.829. The third-order valence-corrected chi connectivity index (χ3v) is 2.02. The Balaban J connectivity index is 2.59. The average Bonchev–Trinajstić information content (AvgIpc) is 2.36. The van der Waals surface area contributed by atoms with Crippen molar-refractivity contribution in [3.63, 3.8) is 0 Å². The molecule has 68 valence electrons. The maximum Gasteiger partial charge on any atom is 0.203 e. The van der Waals surface area contributed by atoms with Crippen LogP contribution in [0.3, 0.4) is 0 Å². The fourth-order valence-corrected chi connectivity index (χ4v) is 1.48. The van der Waals surface area contributed by atoms with Gasteiger partial charge in [-0.1, -0.05) is 6.58 Å². The zero-order chi connectivity index (χ0) is 9.03. The number of rotatable bonds is 4. The summed E-state index contributed by atoms with van der Waals surface area (Å²) in [6, 6.07) is 0. The molecule has 1 heterocycles. The Bertz CT molecular complexity index is 191. The number of aliphatic imine (C=N–C) groups is 1. The lowest BCUT2D eigenvalue weighted by atomic mass is 10.3. The monoisotopic (exact) mass is 171 g/mol. The summed E-state index contributed by atoms with van der Waals surface area (Å²) in [5.41, 5.74) is 0. The van der Waals surface area contributed by atoms with Gasteiger partial charge in [-0.25, -0.2) is 4.99 Å². The summed E-state index contributed by atoms with van der Waals surface area (Å²) < 4.78 is 0.515. The van der Waals surface area contributed by atoms with Crippen LogP contribution in [0.25, 0.3) is 0 Å². The van der Waals surface area contributed by atoms with Crippen LogP contribution in [0.1, 0.15) is 0 Å². The van der Waals surface area contributed by atoms with Gasteiger partial charge in [0.25, 0.3) is 0 Å². The van der Waals surface area contributed by atoms with Gasteiger partial charge in [-0.2, -0.15) is 0 Å². The smallest absolute Gasteiger partial charge is 0.203 e. The largest absolute Gasteiger partial charge is 0.364 e. The molecule has 0 aromatic rings. The minimum Gasteiger partial charge on any atom is -0.364 e. The highest BCUT2D eigenvalue weighted by Gasteiger charge is 2.29. The predicted molar refractivity (Wildman–Crippen MR) is 46.6 cm³/mol. The van der Waals surface area contributed by atoms with E-state index in [9.17, 15) is 0 Å². The molecule has 1 aliphatic rings. The molecule has 0 bridgehead atoms. The lowest BCUT2D eigenvalue weighted by Gasteiger charge is -2.29. The topological polar surface area (TPSA) is 52.8 Å². The fraction of sp³-hybridized carbons (Fsp3) is 0.625. The van der Waals surface area contributed by atoms with Crippen molar-refractivity contribution in [1.29, 1.82) is 0 Å². The van der Waals surface area contributed by atoms with Crippen molar-refractivity contribution >= 4 is 6.34 Å². The number of quaternary nitrogens is 1. The summed E-state index contributed by atoms with van der Waals surface area (Å²) in [5, 5.41) is 17.7. The van der Waals surface area contributed by atoms with Crippen LogP contribution in [-0.2, 0) is 0 Å². The van der Waals surface area contributed by atoms with E-state index in [1.165, 1.54) is 0 Å². The zero-order valence-electron chi connectivity index (χ0n) is 7.06. The van der Waals surface area contributed by atoms with E-state index in [1.807, 2.05) is 0 Å². The van der Waals surface area contributed by atoms with E-state index >= 15 is 0 Å². The van der Waals surface area contributed by atoms with Crippen LogP contribution in [0, 0.1) is 0 Å². The van der Waals surface area contributed by atoms with Gasteiger partial charge >= 0.3 is 0 Å². The highest BCUT2D eigenvalue weighted by molar-refractivity contribution is 5.48. The van der Waals surface area contributed by atoms with Crippen LogP contribution in [0.4, 0.5) is 0 Å². The van der Waals surface area contributed by atoms with Gasteiger partial charge < -0.3 is 10.2 Å². The molecule has 1 rings (SSSR count). The Morgan fingerprint density at radius 2 is 2.42 bits per heavy atom. The summed E-state index contributed by atoms with van der Waals surface area (Å²) >= 11 is 0. The molecular formula is C8H15N2O2+. The van der Waals surface area contributed by atoms with Crippen molar-refractivity contribution in [3.8, 4) is 0 Å². The fourth-order valence-electron chi connectivity index (χ4n) is 1.48. The second kappa shape index (κ2) is 3.80. The first-order chi connectivity index (χ1) is 5.68. The lowest BCUT2D eigenvalue weighted by Crippen LogP contribution is -2.50. The van der Waals surface area contributed by atoms with Gasteiger partial charge in [0.05, 0.1) is 6.54 Å². The molecule has 0 spiro atoms. The van der Waals surface area contributed by atoms with Crippen molar-refractivity contribution in [2.45, 2.75) is 6.29 Å². The maximum absolute atomic E-state index is 8.85. The molecule has 0 fully saturated rings. The molecule has 12 heavy (non-hydrogen) atoms. The second-order valence-corrected chi connectivity index (χ2v) is 3.10. The summed E-state index contributed by atoms with van der Waals surface area (Å²) in [4.78, 5) is 4.09. The third-order valence-electron chi connectivity index (χ3n) is 2.02. The first-order valence-electron chi connectivity index (χ1n) is 4.02. The van der Waals surface area contributed by atoms with Gasteiger partial charge in [-0.15, -0.1) is 0 Å². The minimum atomic E-state index is -1.27. The SMILES string of the molecule is C=CC[N+]1(CC(O)O)C=NCC1. The van der Waals surface area contributed by atoms with E-state index < -0.39 is 6.29 Å². The van der Waals surface area contributed by atoms with Gasteiger partial charge in [0.15, 0.2) is 6.34 Å². The van der Waals surface area contributed by atoms with Crippen LogP contribution in [0.2, 0.25) is 0 Å². The zero-order valence-corrected chi connectivity index (χ0v) is 7.06. The summed E-state index contributed by atoms with van der Waals surface area (Å²) in [5.74, 6) is 0. The Morgan fingerprint density at radius 3 is 2.83 bits per heavy atom. The van der Waals surface area contributed by atoms with Gasteiger partial charge in [0, 0.05) is 0 Å². The standard InChI is InChI=1S/C8H15N2O2/c1-2-4-10(6-8(11)12)5-3-9-7-10/h2,7-8,11-12H,1,3-6H2/q+1. The Morgan fingerprint density at radius 1 is 1.67 bits per heavy atom. The van der Waals surface area contributed by atoms with E-state index in [2.05, 4.69) is 11.6 Å². The summed E-state index contributed by atoms with van der Waals surface area (Å²) in [6.07, 6.45) is 2.29. The molecule has 0 radical (unpaired) electrons. The molecule has 0 aliphatic carbocycles. The number of aliphatic hydroxyl groups is 2. The third kappa shape index (κ3) is 2.14. The van der Waals surface area contributed by atoms with E-state index in [-0.39, 0.29) is 0 Å². The molecule has 1 atom stereocenters. The first-order valence-corrected chi connectivity index (χ1v) is 4.02. The molecule has 1 aliphatic heterocycles. The molecule has 0 saturated heterocycles. The van der Waals surface area contributed by atoms with Crippen LogP contribution < -0.4 is 0 Å². The van der Waals surface area contributed by atoms with Gasteiger partial charge in [-0.05, 0) is 6.08 Å². The number of aliphatic hydroxyl groups excluding tert-OH is 1. The molecular weight excluding hydrogens is 156 g/mol. The van der Waals surface area contributed by atoms with Gasteiger partial charge in [-0.3, -0.25) is 4.48 Å². The minimum absolute atomic E-state index is 0.301.